The number of rotatable bonds is 9. The molecule has 0 spiro atoms. The summed E-state index contributed by atoms with van der Waals surface area (Å²) in [6, 6.07) is 10.5. The van der Waals surface area contributed by atoms with E-state index in [0.29, 0.717) is 17.1 Å². The molecule has 0 saturated heterocycles. The largest absolute Gasteiger partial charge is 0.350 e. The molecule has 1 N–H and O–H groups in total. The predicted molar refractivity (Wildman–Crippen MR) is 124 cm³/mol. The van der Waals surface area contributed by atoms with Gasteiger partial charge in [0.15, 0.2) is 9.84 Å². The molecule has 2 rings (SSSR count). The van der Waals surface area contributed by atoms with Crippen LogP contribution in [0.5, 0.6) is 0 Å². The van der Waals surface area contributed by atoms with E-state index >= 15 is 0 Å². The van der Waals surface area contributed by atoms with Crippen LogP contribution in [0, 0.1) is 0 Å². The fraction of sp³-hybridized carbons (Fsp3) is 0.350. The van der Waals surface area contributed by atoms with Gasteiger partial charge in [-0.25, -0.2) is 16.8 Å². The summed E-state index contributed by atoms with van der Waals surface area (Å²) >= 11 is 11.9. The van der Waals surface area contributed by atoms with Crippen molar-refractivity contribution in [2.24, 2.45) is 0 Å². The Morgan fingerprint density at radius 2 is 1.61 bits per heavy atom. The summed E-state index contributed by atoms with van der Waals surface area (Å²) in [7, 11) is -6.86. The summed E-state index contributed by atoms with van der Waals surface area (Å²) in [6.07, 6.45) is 2.61. The Morgan fingerprint density at radius 1 is 1.00 bits per heavy atom. The molecule has 11 heteroatoms. The Bertz CT molecular complexity index is 1150. The number of nitrogens with one attached hydrogen (secondary N) is 1. The van der Waals surface area contributed by atoms with Gasteiger partial charge in [-0.15, -0.1) is 0 Å². The van der Waals surface area contributed by atoms with E-state index in [-0.39, 0.29) is 34.8 Å². The fourth-order valence-electron chi connectivity index (χ4n) is 2.91. The van der Waals surface area contributed by atoms with Crippen LogP contribution in [0.2, 0.25) is 10.0 Å². The first-order valence-electron chi connectivity index (χ1n) is 9.31. The average molecular weight is 507 g/mol. The average Bonchev–Trinajstić information content (AvgIpc) is 2.66. The lowest BCUT2D eigenvalue weighted by molar-refractivity contribution is -0.121. The van der Waals surface area contributed by atoms with Crippen LogP contribution < -0.4 is 9.62 Å². The highest BCUT2D eigenvalue weighted by atomic mass is 35.5. The second-order valence-electron chi connectivity index (χ2n) is 7.17. The van der Waals surface area contributed by atoms with Gasteiger partial charge in [-0.3, -0.25) is 9.10 Å². The van der Waals surface area contributed by atoms with Gasteiger partial charge in [0.2, 0.25) is 15.9 Å². The second kappa shape index (κ2) is 10.2. The van der Waals surface area contributed by atoms with Gasteiger partial charge in [-0.1, -0.05) is 35.3 Å². The summed E-state index contributed by atoms with van der Waals surface area (Å²) in [6.45, 7) is 1.88. The molecule has 170 valence electrons. The maximum atomic E-state index is 12.3. The zero-order chi connectivity index (χ0) is 23.4. The highest BCUT2D eigenvalue weighted by Gasteiger charge is 2.19. The van der Waals surface area contributed by atoms with Crippen LogP contribution in [0.15, 0.2) is 47.4 Å². The number of halogens is 2. The Morgan fingerprint density at radius 3 is 2.13 bits per heavy atom. The van der Waals surface area contributed by atoms with Crippen LogP contribution in [-0.4, -0.2) is 41.8 Å². The van der Waals surface area contributed by atoms with Gasteiger partial charge in [0.25, 0.3) is 0 Å². The van der Waals surface area contributed by atoms with Gasteiger partial charge in [-0.05, 0) is 49.2 Å². The number of hydrogen-bond acceptors (Lipinski definition) is 5. The Balaban J connectivity index is 1.96. The Hall–Kier alpha value is -1.81. The summed E-state index contributed by atoms with van der Waals surface area (Å²) in [5.41, 5.74) is 1.13. The van der Waals surface area contributed by atoms with Crippen LogP contribution in [0.3, 0.4) is 0 Å². The molecule has 31 heavy (non-hydrogen) atoms. The van der Waals surface area contributed by atoms with E-state index in [2.05, 4.69) is 5.32 Å². The van der Waals surface area contributed by atoms with Gasteiger partial charge in [0, 0.05) is 19.2 Å². The third-order valence-electron chi connectivity index (χ3n) is 4.54. The quantitative estimate of drug-likeness (QED) is 0.556. The number of sulfonamides is 1. The Labute approximate surface area is 193 Å². The normalized spacial score (nSPS) is 12.9. The zero-order valence-electron chi connectivity index (χ0n) is 17.3. The fourth-order valence-corrected chi connectivity index (χ4v) is 4.79. The molecule has 1 amide bonds. The first kappa shape index (κ1) is 25.5. The molecule has 0 heterocycles. The molecule has 0 bridgehead atoms. The molecule has 0 aliphatic rings. The molecular formula is C20H24Cl2N2O5S2. The highest BCUT2D eigenvalue weighted by Crippen LogP contribution is 2.28. The van der Waals surface area contributed by atoms with Crippen LogP contribution in [0.4, 0.5) is 5.69 Å². The van der Waals surface area contributed by atoms with Crippen LogP contribution in [-0.2, 0) is 24.7 Å². The van der Waals surface area contributed by atoms with E-state index < -0.39 is 19.9 Å². The third kappa shape index (κ3) is 7.38. The first-order chi connectivity index (χ1) is 14.3. The van der Waals surface area contributed by atoms with Crippen molar-refractivity contribution in [1.29, 1.82) is 0 Å². The van der Waals surface area contributed by atoms with Crippen molar-refractivity contribution in [2.45, 2.75) is 30.7 Å². The molecule has 0 radical (unpaired) electrons. The predicted octanol–water partition coefficient (Wildman–Crippen LogP) is 3.82. The first-order valence-corrected chi connectivity index (χ1v) is 13.8. The van der Waals surface area contributed by atoms with Crippen LogP contribution in [0.25, 0.3) is 0 Å². The third-order valence-corrected chi connectivity index (χ3v) is 7.60. The number of benzene rings is 2. The lowest BCUT2D eigenvalue weighted by atomic mass is 10.1. The van der Waals surface area contributed by atoms with Crippen molar-refractivity contribution in [3.05, 3.63) is 58.1 Å². The summed E-state index contributed by atoms with van der Waals surface area (Å²) < 4.78 is 48.6. The minimum Gasteiger partial charge on any atom is -0.350 e. The molecular weight excluding hydrogens is 483 g/mol. The molecule has 0 unspecified atom stereocenters. The van der Waals surface area contributed by atoms with E-state index in [0.717, 1.165) is 18.1 Å². The van der Waals surface area contributed by atoms with E-state index in [1.165, 1.54) is 28.6 Å². The molecule has 0 fully saturated rings. The highest BCUT2D eigenvalue weighted by molar-refractivity contribution is 7.92. The van der Waals surface area contributed by atoms with Crippen molar-refractivity contribution in [1.82, 2.24) is 5.32 Å². The summed E-state index contributed by atoms with van der Waals surface area (Å²) in [4.78, 5) is 12.5. The van der Waals surface area contributed by atoms with Gasteiger partial charge >= 0.3 is 0 Å². The lowest BCUT2D eigenvalue weighted by Gasteiger charge is -2.23. The van der Waals surface area contributed by atoms with Crippen LogP contribution >= 0.6 is 23.2 Å². The van der Waals surface area contributed by atoms with Crippen LogP contribution in [0.1, 0.15) is 31.4 Å². The molecule has 0 aliphatic carbocycles. The van der Waals surface area contributed by atoms with Crippen molar-refractivity contribution in [3.8, 4) is 0 Å². The number of carbonyl (C=O) groups is 1. The van der Waals surface area contributed by atoms with Crippen molar-refractivity contribution in [2.75, 3.05) is 23.4 Å². The van der Waals surface area contributed by atoms with Crippen molar-refractivity contribution >= 4 is 54.7 Å². The molecule has 0 saturated carbocycles. The van der Waals surface area contributed by atoms with Gasteiger partial charge < -0.3 is 5.32 Å². The lowest BCUT2D eigenvalue weighted by Crippen LogP contribution is -2.32. The standard InChI is InChI=1S/C20H24Cl2N2O5S2/c1-14(15-6-9-17(10-7-15)30(2,26)27)23-20(25)5-4-12-24(31(3,28)29)16-8-11-18(21)19(22)13-16/h6-11,13-14H,4-5,12H2,1-3H3,(H,23,25)/t14-/m0/s1. The maximum absolute atomic E-state index is 12.3. The van der Waals surface area contributed by atoms with E-state index in [4.69, 9.17) is 23.2 Å². The van der Waals surface area contributed by atoms with Gasteiger partial charge in [-0.2, -0.15) is 0 Å². The molecule has 2 aromatic rings. The van der Waals surface area contributed by atoms with Crippen molar-refractivity contribution in [3.63, 3.8) is 0 Å². The number of nitrogens with zero attached hydrogens (tertiary/aromatic N) is 1. The second-order valence-corrected chi connectivity index (χ2v) is 11.9. The molecule has 2 aromatic carbocycles. The van der Waals surface area contributed by atoms with Gasteiger partial charge in [0.05, 0.1) is 32.9 Å². The molecule has 0 aliphatic heterocycles. The maximum Gasteiger partial charge on any atom is 0.232 e. The molecule has 7 nitrogen and oxygen atoms in total. The minimum absolute atomic E-state index is 0.0989. The number of hydrogen-bond donors (Lipinski definition) is 1. The van der Waals surface area contributed by atoms with Crippen molar-refractivity contribution < 1.29 is 21.6 Å². The number of amides is 1. The zero-order valence-corrected chi connectivity index (χ0v) is 20.4. The van der Waals surface area contributed by atoms with E-state index in [1.54, 1.807) is 25.1 Å². The summed E-state index contributed by atoms with van der Waals surface area (Å²) in [5, 5.41) is 3.38. The topological polar surface area (TPSA) is 101 Å². The smallest absolute Gasteiger partial charge is 0.232 e. The van der Waals surface area contributed by atoms with Gasteiger partial charge in [0.1, 0.15) is 0 Å². The number of anilines is 1. The van der Waals surface area contributed by atoms with E-state index in [1.807, 2.05) is 0 Å². The Kier molecular flexibility index (Phi) is 8.38. The SMILES string of the molecule is C[C@H](NC(=O)CCCN(c1ccc(Cl)c(Cl)c1)S(C)(=O)=O)c1ccc(S(C)(=O)=O)cc1. The molecule has 1 atom stereocenters. The van der Waals surface area contributed by atoms with E-state index in [9.17, 15) is 21.6 Å². The number of carbonyl (C=O) groups excluding carboxylic acids is 1. The number of sulfone groups is 1. The summed E-state index contributed by atoms with van der Waals surface area (Å²) in [5.74, 6) is -0.248. The monoisotopic (exact) mass is 506 g/mol. The minimum atomic E-state index is -3.58. The molecule has 0 aromatic heterocycles.